The van der Waals surface area contributed by atoms with Crippen LogP contribution in [-0.2, 0) is 12.8 Å². The molecule has 132 valence electrons. The van der Waals surface area contributed by atoms with Gasteiger partial charge in [0.15, 0.2) is 0 Å². The van der Waals surface area contributed by atoms with Crippen molar-refractivity contribution in [2.75, 3.05) is 11.4 Å². The third-order valence-electron chi connectivity index (χ3n) is 4.42. The molecule has 3 nitrogen and oxygen atoms in total. The van der Waals surface area contributed by atoms with Crippen molar-refractivity contribution in [2.45, 2.75) is 19.3 Å². The summed E-state index contributed by atoms with van der Waals surface area (Å²) in [6.07, 6.45) is 2.28. The summed E-state index contributed by atoms with van der Waals surface area (Å²) in [6.45, 7) is 0.510. The number of benzene rings is 2. The van der Waals surface area contributed by atoms with Gasteiger partial charge in [-0.1, -0.05) is 46.3 Å². The van der Waals surface area contributed by atoms with Crippen molar-refractivity contribution in [1.82, 2.24) is 4.98 Å². The first-order chi connectivity index (χ1) is 12.6. The zero-order chi connectivity index (χ0) is 18.1. The van der Waals surface area contributed by atoms with Gasteiger partial charge >= 0.3 is 0 Å². The lowest BCUT2D eigenvalue weighted by Crippen LogP contribution is -2.36. The Morgan fingerprint density at radius 2 is 2.08 bits per heavy atom. The Bertz CT molecular complexity index is 958. The van der Waals surface area contributed by atoms with Crippen LogP contribution >= 0.6 is 27.3 Å². The number of halogens is 2. The highest BCUT2D eigenvalue weighted by molar-refractivity contribution is 9.10. The van der Waals surface area contributed by atoms with Gasteiger partial charge in [0, 0.05) is 22.8 Å². The van der Waals surface area contributed by atoms with Crippen LogP contribution in [0.3, 0.4) is 0 Å². The lowest BCUT2D eigenvalue weighted by molar-refractivity contribution is 0.0980. The van der Waals surface area contributed by atoms with E-state index in [4.69, 9.17) is 0 Å². The molecule has 0 radical (unpaired) electrons. The number of anilines is 1. The molecule has 26 heavy (non-hydrogen) atoms. The summed E-state index contributed by atoms with van der Waals surface area (Å²) in [5.74, 6) is -0.607. The highest BCUT2D eigenvalue weighted by Gasteiger charge is 2.28. The van der Waals surface area contributed by atoms with Gasteiger partial charge in [-0.05, 0) is 36.1 Å². The van der Waals surface area contributed by atoms with Crippen molar-refractivity contribution >= 4 is 38.9 Å². The number of thiazole rings is 1. The Balaban J connectivity index is 1.60. The molecule has 2 heterocycles. The first-order valence-electron chi connectivity index (χ1n) is 8.40. The molecule has 1 aliphatic heterocycles. The number of hydrogen-bond donors (Lipinski definition) is 0. The molecular formula is C20H16BrFN2OS. The van der Waals surface area contributed by atoms with E-state index in [1.165, 1.54) is 22.3 Å². The molecule has 0 saturated carbocycles. The molecule has 1 aliphatic rings. The van der Waals surface area contributed by atoms with Gasteiger partial charge < -0.3 is 4.90 Å². The summed E-state index contributed by atoms with van der Waals surface area (Å²) in [7, 11) is 0. The molecule has 1 amide bonds. The molecule has 0 N–H and O–H groups in total. The van der Waals surface area contributed by atoms with Crippen LogP contribution < -0.4 is 4.90 Å². The quantitative estimate of drug-likeness (QED) is 0.569. The zero-order valence-corrected chi connectivity index (χ0v) is 16.3. The maximum atomic E-state index is 14.5. The predicted molar refractivity (Wildman–Crippen MR) is 105 cm³/mol. The summed E-state index contributed by atoms with van der Waals surface area (Å²) < 4.78 is 15.2. The van der Waals surface area contributed by atoms with E-state index in [9.17, 15) is 9.18 Å². The third-order valence-corrected chi connectivity index (χ3v) is 5.73. The Morgan fingerprint density at radius 3 is 2.88 bits per heavy atom. The molecule has 0 fully saturated rings. The van der Waals surface area contributed by atoms with Gasteiger partial charge in [-0.15, -0.1) is 11.3 Å². The number of amides is 1. The number of aromatic nitrogens is 1. The normalized spacial score (nSPS) is 13.5. The van der Waals surface area contributed by atoms with Crippen molar-refractivity contribution in [3.05, 3.63) is 80.0 Å². The topological polar surface area (TPSA) is 33.2 Å². The molecule has 0 unspecified atom stereocenters. The second-order valence-corrected chi connectivity index (χ2v) is 8.10. The second-order valence-electron chi connectivity index (χ2n) is 6.24. The summed E-state index contributed by atoms with van der Waals surface area (Å²) in [5, 5.41) is 2.65. The molecule has 0 aliphatic carbocycles. The number of nitrogens with zero attached hydrogens (tertiary/aromatic N) is 2. The number of aryl methyl sites for hydroxylation is 1. The number of hydrogen-bond acceptors (Lipinski definition) is 3. The number of carbonyl (C=O) groups excluding carboxylic acids is 1. The fourth-order valence-corrected chi connectivity index (χ4v) is 4.53. The fraction of sp³-hybridized carbons (Fsp3) is 0.200. The SMILES string of the molecule is O=C(c1csc(Cc2ccccc2)n1)N1CCCc2cc(Br)cc(F)c21. The van der Waals surface area contributed by atoms with Crippen LogP contribution in [0.25, 0.3) is 0 Å². The van der Waals surface area contributed by atoms with E-state index in [-0.39, 0.29) is 11.7 Å². The van der Waals surface area contributed by atoms with Crippen molar-refractivity contribution in [2.24, 2.45) is 0 Å². The maximum absolute atomic E-state index is 14.5. The summed E-state index contributed by atoms with van der Waals surface area (Å²) >= 11 is 4.79. The van der Waals surface area contributed by atoms with Crippen molar-refractivity contribution in [3.63, 3.8) is 0 Å². The van der Waals surface area contributed by atoms with Gasteiger partial charge in [0.1, 0.15) is 11.5 Å². The van der Waals surface area contributed by atoms with E-state index < -0.39 is 0 Å². The molecule has 2 aromatic carbocycles. The highest BCUT2D eigenvalue weighted by atomic mass is 79.9. The second kappa shape index (κ2) is 7.29. The van der Waals surface area contributed by atoms with Crippen LogP contribution in [-0.4, -0.2) is 17.4 Å². The Morgan fingerprint density at radius 1 is 1.27 bits per heavy atom. The molecule has 0 bridgehead atoms. The number of fused-ring (bicyclic) bond motifs is 1. The summed E-state index contributed by atoms with van der Waals surface area (Å²) in [5.41, 5.74) is 2.79. The van der Waals surface area contributed by atoms with Crippen LogP contribution in [0.15, 0.2) is 52.3 Å². The summed E-state index contributed by atoms with van der Waals surface area (Å²) in [6, 6.07) is 13.3. The maximum Gasteiger partial charge on any atom is 0.277 e. The monoisotopic (exact) mass is 430 g/mol. The first-order valence-corrected chi connectivity index (χ1v) is 10.1. The standard InChI is InChI=1S/C20H16BrFN2OS/c21-15-10-14-7-4-8-24(19(14)16(22)11-15)20(25)17-12-26-18(23-17)9-13-5-2-1-3-6-13/h1-3,5-6,10-12H,4,7-9H2. The van der Waals surface area contributed by atoms with Crippen LogP contribution in [0.4, 0.5) is 10.1 Å². The Labute approximate surface area is 163 Å². The molecule has 6 heteroatoms. The van der Waals surface area contributed by atoms with Crippen molar-refractivity contribution in [1.29, 1.82) is 0 Å². The Kier molecular flexibility index (Phi) is 4.87. The van der Waals surface area contributed by atoms with Gasteiger partial charge in [0.2, 0.25) is 0 Å². The third kappa shape index (κ3) is 3.44. The highest BCUT2D eigenvalue weighted by Crippen LogP contribution is 2.34. The van der Waals surface area contributed by atoms with Crippen LogP contribution in [0, 0.1) is 5.82 Å². The molecule has 0 spiro atoms. The van der Waals surface area contributed by atoms with Crippen molar-refractivity contribution in [3.8, 4) is 0 Å². The molecule has 4 rings (SSSR count). The fourth-order valence-electron chi connectivity index (χ4n) is 3.25. The molecular weight excluding hydrogens is 415 g/mol. The van der Waals surface area contributed by atoms with E-state index in [1.54, 1.807) is 5.38 Å². The average molecular weight is 431 g/mol. The predicted octanol–water partition coefficient (Wildman–Crippen LogP) is 5.23. The molecule has 3 aromatic rings. The van der Waals surface area contributed by atoms with Crippen molar-refractivity contribution < 1.29 is 9.18 Å². The smallest absolute Gasteiger partial charge is 0.277 e. The minimum atomic E-state index is -0.373. The number of rotatable bonds is 3. The van der Waals surface area contributed by atoms with Crippen LogP contribution in [0.2, 0.25) is 0 Å². The average Bonchev–Trinajstić information content (AvgIpc) is 3.09. The Hall–Kier alpha value is -2.05. The lowest BCUT2D eigenvalue weighted by atomic mass is 10.0. The zero-order valence-electron chi connectivity index (χ0n) is 13.9. The molecule has 1 aromatic heterocycles. The van der Waals surface area contributed by atoms with Crippen LogP contribution in [0.5, 0.6) is 0 Å². The minimum absolute atomic E-state index is 0.234. The first kappa shape index (κ1) is 17.4. The van der Waals surface area contributed by atoms with E-state index in [0.29, 0.717) is 28.8 Å². The largest absolute Gasteiger partial charge is 0.304 e. The van der Waals surface area contributed by atoms with E-state index >= 15 is 0 Å². The molecule has 0 saturated heterocycles. The van der Waals surface area contributed by atoms with E-state index in [1.807, 2.05) is 36.4 Å². The van der Waals surface area contributed by atoms with E-state index in [0.717, 1.165) is 29.0 Å². The van der Waals surface area contributed by atoms with Gasteiger partial charge in [-0.2, -0.15) is 0 Å². The van der Waals surface area contributed by atoms with E-state index in [2.05, 4.69) is 20.9 Å². The molecule has 0 atom stereocenters. The van der Waals surface area contributed by atoms with Gasteiger partial charge in [-0.25, -0.2) is 9.37 Å². The van der Waals surface area contributed by atoms with Gasteiger partial charge in [-0.3, -0.25) is 4.79 Å². The summed E-state index contributed by atoms with van der Waals surface area (Å²) in [4.78, 5) is 19.0. The minimum Gasteiger partial charge on any atom is -0.304 e. The van der Waals surface area contributed by atoms with Crippen LogP contribution in [0.1, 0.15) is 33.0 Å². The lowest BCUT2D eigenvalue weighted by Gasteiger charge is -2.29. The van der Waals surface area contributed by atoms with Gasteiger partial charge in [0.05, 0.1) is 10.7 Å². The van der Waals surface area contributed by atoms with Gasteiger partial charge in [0.25, 0.3) is 5.91 Å². The number of carbonyl (C=O) groups is 1.